The van der Waals surface area contributed by atoms with Crippen LogP contribution in [0.4, 0.5) is 18.9 Å². The van der Waals surface area contributed by atoms with Gasteiger partial charge in [-0.15, -0.1) is 0 Å². The molecule has 2 aromatic rings. The summed E-state index contributed by atoms with van der Waals surface area (Å²) >= 11 is 0. The van der Waals surface area contributed by atoms with Crippen molar-refractivity contribution in [2.75, 3.05) is 5.73 Å². The molecule has 108 valence electrons. The van der Waals surface area contributed by atoms with E-state index in [2.05, 4.69) is 10.1 Å². The summed E-state index contributed by atoms with van der Waals surface area (Å²) in [5.41, 5.74) is 7.06. The van der Waals surface area contributed by atoms with Crippen LogP contribution in [-0.2, 0) is 19.0 Å². The van der Waals surface area contributed by atoms with Gasteiger partial charge in [0.2, 0.25) is 0 Å². The first kappa shape index (κ1) is 14.4. The maximum absolute atomic E-state index is 12.7. The smallest absolute Gasteiger partial charge is 0.396 e. The molecule has 0 aliphatic carbocycles. The van der Waals surface area contributed by atoms with E-state index < -0.39 is 11.7 Å². The lowest BCUT2D eigenvalue weighted by Crippen LogP contribution is -2.09. The minimum Gasteiger partial charge on any atom is -0.396 e. The standard InChI is InChI=1S/C13H15F3N4/c1-3-9-12(17)10(4-2)20(19-9)11-7-8(5-6-18-11)13(14,15)16/h5-7H,3-4,17H2,1-2H3. The van der Waals surface area contributed by atoms with E-state index in [-0.39, 0.29) is 5.82 Å². The Bertz CT molecular complexity index is 617. The Morgan fingerprint density at radius 1 is 1.25 bits per heavy atom. The van der Waals surface area contributed by atoms with Gasteiger partial charge >= 0.3 is 6.18 Å². The zero-order valence-electron chi connectivity index (χ0n) is 11.2. The molecule has 2 rings (SSSR count). The molecule has 7 heteroatoms. The molecule has 0 unspecified atom stereocenters. The van der Waals surface area contributed by atoms with E-state index in [1.54, 1.807) is 0 Å². The van der Waals surface area contributed by atoms with Crippen LogP contribution >= 0.6 is 0 Å². The van der Waals surface area contributed by atoms with Gasteiger partial charge in [-0.2, -0.15) is 18.3 Å². The molecule has 2 aromatic heterocycles. The lowest BCUT2D eigenvalue weighted by atomic mass is 10.2. The lowest BCUT2D eigenvalue weighted by Gasteiger charge is -2.09. The highest BCUT2D eigenvalue weighted by atomic mass is 19.4. The predicted molar refractivity (Wildman–Crippen MR) is 69.5 cm³/mol. The van der Waals surface area contributed by atoms with Crippen LogP contribution in [-0.4, -0.2) is 14.8 Å². The molecule has 0 atom stereocenters. The molecule has 0 aliphatic rings. The van der Waals surface area contributed by atoms with E-state index >= 15 is 0 Å². The Balaban J connectivity index is 2.57. The van der Waals surface area contributed by atoms with Crippen LogP contribution < -0.4 is 5.73 Å². The van der Waals surface area contributed by atoms with Gasteiger partial charge in [-0.1, -0.05) is 13.8 Å². The number of nitrogens with two attached hydrogens (primary N) is 1. The summed E-state index contributed by atoms with van der Waals surface area (Å²) in [5.74, 6) is 0.128. The number of nitrogen functional groups attached to an aromatic ring is 1. The molecule has 4 nitrogen and oxygen atoms in total. The maximum Gasteiger partial charge on any atom is 0.416 e. The van der Waals surface area contributed by atoms with Crippen LogP contribution in [0.3, 0.4) is 0 Å². The van der Waals surface area contributed by atoms with Crippen LogP contribution in [0.25, 0.3) is 5.82 Å². The largest absolute Gasteiger partial charge is 0.416 e. The number of rotatable bonds is 3. The fourth-order valence-corrected chi connectivity index (χ4v) is 2.02. The molecular formula is C13H15F3N4. The number of alkyl halides is 3. The van der Waals surface area contributed by atoms with Crippen LogP contribution in [0.5, 0.6) is 0 Å². The van der Waals surface area contributed by atoms with Crippen LogP contribution in [0, 0.1) is 0 Å². The Hall–Kier alpha value is -2.05. The van der Waals surface area contributed by atoms with Gasteiger partial charge in [-0.05, 0) is 25.0 Å². The average molecular weight is 284 g/mol. The second-order valence-electron chi connectivity index (χ2n) is 4.33. The van der Waals surface area contributed by atoms with Crippen molar-refractivity contribution in [2.45, 2.75) is 32.9 Å². The topological polar surface area (TPSA) is 56.7 Å². The van der Waals surface area contributed by atoms with Gasteiger partial charge in [0, 0.05) is 6.20 Å². The molecule has 2 N–H and O–H groups in total. The van der Waals surface area contributed by atoms with Crippen molar-refractivity contribution in [3.63, 3.8) is 0 Å². The van der Waals surface area contributed by atoms with Crippen molar-refractivity contribution < 1.29 is 13.2 Å². The summed E-state index contributed by atoms with van der Waals surface area (Å²) in [4.78, 5) is 3.97. The van der Waals surface area contributed by atoms with Crippen molar-refractivity contribution in [2.24, 2.45) is 0 Å². The molecule has 0 fully saturated rings. The number of aryl methyl sites for hydroxylation is 1. The predicted octanol–water partition coefficient (Wildman–Crippen LogP) is 2.99. The van der Waals surface area contributed by atoms with Gasteiger partial charge in [0.15, 0.2) is 5.82 Å². The molecule has 0 spiro atoms. The van der Waals surface area contributed by atoms with Crippen LogP contribution in [0.2, 0.25) is 0 Å². The molecule has 0 saturated heterocycles. The molecule has 0 aromatic carbocycles. The summed E-state index contributed by atoms with van der Waals surface area (Å²) in [6.07, 6.45) is -2.10. The minimum absolute atomic E-state index is 0.128. The molecule has 0 aliphatic heterocycles. The van der Waals surface area contributed by atoms with Gasteiger partial charge < -0.3 is 5.73 Å². The summed E-state index contributed by atoms with van der Waals surface area (Å²) in [6.45, 7) is 3.76. The number of pyridine rings is 1. The highest BCUT2D eigenvalue weighted by Gasteiger charge is 2.31. The molecule has 20 heavy (non-hydrogen) atoms. The molecule has 0 radical (unpaired) electrons. The van der Waals surface area contributed by atoms with Crippen molar-refractivity contribution in [3.05, 3.63) is 35.3 Å². The van der Waals surface area contributed by atoms with E-state index in [1.807, 2.05) is 13.8 Å². The lowest BCUT2D eigenvalue weighted by molar-refractivity contribution is -0.137. The maximum atomic E-state index is 12.7. The molecular weight excluding hydrogens is 269 g/mol. The monoisotopic (exact) mass is 284 g/mol. The first-order valence-electron chi connectivity index (χ1n) is 6.28. The zero-order chi connectivity index (χ0) is 14.9. The SMILES string of the molecule is CCc1nn(-c2cc(C(F)(F)F)ccn2)c(CC)c1N. The highest BCUT2D eigenvalue weighted by molar-refractivity contribution is 5.51. The second-order valence-corrected chi connectivity index (χ2v) is 4.33. The summed E-state index contributed by atoms with van der Waals surface area (Å²) in [5, 5.41) is 4.25. The van der Waals surface area contributed by atoms with Gasteiger partial charge in [-0.25, -0.2) is 9.67 Å². The molecule has 0 bridgehead atoms. The molecule has 0 amide bonds. The normalized spacial score (nSPS) is 11.8. The van der Waals surface area contributed by atoms with Crippen molar-refractivity contribution >= 4 is 5.69 Å². The molecule has 0 saturated carbocycles. The van der Waals surface area contributed by atoms with E-state index in [0.29, 0.717) is 29.9 Å². The van der Waals surface area contributed by atoms with Crippen molar-refractivity contribution in [3.8, 4) is 5.82 Å². The van der Waals surface area contributed by atoms with E-state index in [1.165, 1.54) is 4.68 Å². The Morgan fingerprint density at radius 2 is 1.95 bits per heavy atom. The number of hydrogen-bond acceptors (Lipinski definition) is 3. The zero-order valence-corrected chi connectivity index (χ0v) is 11.2. The third-order valence-corrected chi connectivity index (χ3v) is 3.06. The van der Waals surface area contributed by atoms with Gasteiger partial charge in [0.05, 0.1) is 22.6 Å². The third kappa shape index (κ3) is 2.48. The fraction of sp³-hybridized carbons (Fsp3) is 0.385. The number of nitrogens with zero attached hydrogens (tertiary/aromatic N) is 3. The van der Waals surface area contributed by atoms with Gasteiger partial charge in [-0.3, -0.25) is 0 Å². The number of halogens is 3. The fourth-order valence-electron chi connectivity index (χ4n) is 2.02. The van der Waals surface area contributed by atoms with Gasteiger partial charge in [0.1, 0.15) is 0 Å². The highest BCUT2D eigenvalue weighted by Crippen LogP contribution is 2.30. The minimum atomic E-state index is -4.41. The van der Waals surface area contributed by atoms with Gasteiger partial charge in [0.25, 0.3) is 0 Å². The number of anilines is 1. The van der Waals surface area contributed by atoms with E-state index in [0.717, 1.165) is 18.3 Å². The first-order chi connectivity index (χ1) is 9.38. The van der Waals surface area contributed by atoms with Crippen molar-refractivity contribution in [1.29, 1.82) is 0 Å². The summed E-state index contributed by atoms with van der Waals surface area (Å²) in [6, 6.07) is 1.91. The second kappa shape index (κ2) is 5.15. The quantitative estimate of drug-likeness (QED) is 0.942. The average Bonchev–Trinajstić information content (AvgIpc) is 2.74. The summed E-state index contributed by atoms with van der Waals surface area (Å²) < 4.78 is 39.6. The van der Waals surface area contributed by atoms with E-state index in [4.69, 9.17) is 5.73 Å². The molecule has 2 heterocycles. The Kier molecular flexibility index (Phi) is 3.69. The summed E-state index contributed by atoms with van der Waals surface area (Å²) in [7, 11) is 0. The Labute approximate surface area is 114 Å². The Morgan fingerprint density at radius 3 is 2.50 bits per heavy atom. The number of aromatic nitrogens is 3. The van der Waals surface area contributed by atoms with Crippen LogP contribution in [0.1, 0.15) is 30.8 Å². The van der Waals surface area contributed by atoms with Crippen LogP contribution in [0.15, 0.2) is 18.3 Å². The number of hydrogen-bond donors (Lipinski definition) is 1. The van der Waals surface area contributed by atoms with Crippen molar-refractivity contribution in [1.82, 2.24) is 14.8 Å². The third-order valence-electron chi connectivity index (χ3n) is 3.06. The first-order valence-corrected chi connectivity index (χ1v) is 6.28. The van der Waals surface area contributed by atoms with E-state index in [9.17, 15) is 13.2 Å².